The lowest BCUT2D eigenvalue weighted by Gasteiger charge is -2.28. The summed E-state index contributed by atoms with van der Waals surface area (Å²) in [4.78, 5) is 18.8. The van der Waals surface area contributed by atoms with Crippen LogP contribution in [0.5, 0.6) is 0 Å². The molecule has 1 N–H and O–H groups in total. The molecule has 150 valence electrons. The molecule has 0 amide bonds. The van der Waals surface area contributed by atoms with Crippen LogP contribution in [0.25, 0.3) is 11.2 Å². The van der Waals surface area contributed by atoms with Gasteiger partial charge in [0.15, 0.2) is 5.65 Å². The zero-order chi connectivity index (χ0) is 20.4. The van der Waals surface area contributed by atoms with Crippen LogP contribution in [0.4, 0.5) is 13.2 Å². The molecule has 3 rings (SSSR count). The van der Waals surface area contributed by atoms with Crippen molar-refractivity contribution in [3.63, 3.8) is 0 Å². The van der Waals surface area contributed by atoms with Gasteiger partial charge in [0.1, 0.15) is 17.1 Å². The Balaban J connectivity index is 0.000000249. The Labute approximate surface area is 156 Å². The minimum Gasteiger partial charge on any atom is -0.390 e. The minimum atomic E-state index is -4.38. The van der Waals surface area contributed by atoms with E-state index in [1.807, 2.05) is 4.57 Å². The van der Waals surface area contributed by atoms with Crippen LogP contribution >= 0.6 is 0 Å². The average molecular weight is 385 g/mol. The van der Waals surface area contributed by atoms with Gasteiger partial charge in [-0.3, -0.25) is 4.79 Å². The summed E-state index contributed by atoms with van der Waals surface area (Å²) in [5.41, 5.74) is -1.21. The Morgan fingerprint density at radius 3 is 2.37 bits per heavy atom. The number of Topliss-reactive ketones (excluding diaryl/α,β-unsaturated/α-hetero) is 1. The minimum absolute atomic E-state index is 0.0330. The maximum Gasteiger partial charge on any atom is 0.418 e. The predicted octanol–water partition coefficient (Wildman–Crippen LogP) is 4.61. The molecule has 1 saturated carbocycles. The summed E-state index contributed by atoms with van der Waals surface area (Å²) in [6.07, 6.45) is 0.707. The molecule has 2 heterocycles. The third kappa shape index (κ3) is 5.28. The Hall–Kier alpha value is -1.96. The molecule has 5 nitrogen and oxygen atoms in total. The zero-order valence-electron chi connectivity index (χ0n) is 16.1. The number of carbonyl (C=O) groups is 1. The fourth-order valence-corrected chi connectivity index (χ4v) is 3.02. The van der Waals surface area contributed by atoms with Gasteiger partial charge in [-0.15, -0.1) is 0 Å². The van der Waals surface area contributed by atoms with Crippen molar-refractivity contribution in [2.24, 2.45) is 0 Å². The van der Waals surface area contributed by atoms with Crippen molar-refractivity contribution in [2.45, 2.75) is 77.6 Å². The molecule has 1 aliphatic rings. The first-order chi connectivity index (χ1) is 12.4. The molecule has 0 aromatic carbocycles. The van der Waals surface area contributed by atoms with E-state index < -0.39 is 17.3 Å². The third-order valence-corrected chi connectivity index (χ3v) is 4.52. The highest BCUT2D eigenvalue weighted by molar-refractivity contribution is 5.79. The van der Waals surface area contributed by atoms with Crippen LogP contribution in [0, 0.1) is 6.92 Å². The van der Waals surface area contributed by atoms with Crippen molar-refractivity contribution in [3.8, 4) is 0 Å². The number of hydrogen-bond acceptors (Lipinski definition) is 4. The van der Waals surface area contributed by atoms with E-state index in [4.69, 9.17) is 5.11 Å². The van der Waals surface area contributed by atoms with Gasteiger partial charge >= 0.3 is 6.18 Å². The molecule has 0 aliphatic heterocycles. The molecule has 2 aromatic heterocycles. The molecule has 1 fully saturated rings. The molecule has 0 saturated heterocycles. The van der Waals surface area contributed by atoms with Crippen LogP contribution in [0.2, 0.25) is 0 Å². The second kappa shape index (κ2) is 7.96. The standard InChI is InChI=1S/C12H12F3N3.C7H14O2/c1-7-17-10-9(12(13,14)15)5-6-16-11(10)18(7)8-3-2-4-8;1-4-6(8)5-7(2,3)9/h5-6,8H,2-4H2,1H3;9H,4-5H2,1-3H3. The molecule has 0 spiro atoms. The van der Waals surface area contributed by atoms with Crippen molar-refractivity contribution in [1.29, 1.82) is 0 Å². The molecule has 0 radical (unpaired) electrons. The van der Waals surface area contributed by atoms with E-state index in [-0.39, 0.29) is 23.8 Å². The largest absolute Gasteiger partial charge is 0.418 e. The highest BCUT2D eigenvalue weighted by Crippen LogP contribution is 2.38. The van der Waals surface area contributed by atoms with Crippen molar-refractivity contribution in [2.75, 3.05) is 0 Å². The lowest BCUT2D eigenvalue weighted by Crippen LogP contribution is -2.22. The third-order valence-electron chi connectivity index (χ3n) is 4.52. The summed E-state index contributed by atoms with van der Waals surface area (Å²) >= 11 is 0. The van der Waals surface area contributed by atoms with E-state index in [0.29, 0.717) is 17.9 Å². The summed E-state index contributed by atoms with van der Waals surface area (Å²) in [5, 5.41) is 9.10. The Bertz CT molecular complexity index is 803. The van der Waals surface area contributed by atoms with Crippen LogP contribution in [-0.2, 0) is 11.0 Å². The number of imidazole rings is 1. The SMILES string of the molecule is CCC(=O)CC(C)(C)O.Cc1nc2c(C(F)(F)F)ccnc2n1C1CCC1. The first-order valence-electron chi connectivity index (χ1n) is 9.09. The van der Waals surface area contributed by atoms with E-state index in [1.165, 1.54) is 6.20 Å². The van der Waals surface area contributed by atoms with E-state index in [2.05, 4.69) is 9.97 Å². The maximum absolute atomic E-state index is 12.9. The smallest absolute Gasteiger partial charge is 0.390 e. The summed E-state index contributed by atoms with van der Waals surface area (Å²) in [6, 6.07) is 1.24. The van der Waals surface area contributed by atoms with Gasteiger partial charge in [-0.2, -0.15) is 13.2 Å². The number of hydrogen-bond donors (Lipinski definition) is 1. The fraction of sp³-hybridized carbons (Fsp3) is 0.632. The Kier molecular flexibility index (Phi) is 6.29. The van der Waals surface area contributed by atoms with Crippen LogP contribution in [-0.4, -0.2) is 31.0 Å². The summed E-state index contributed by atoms with van der Waals surface area (Å²) in [5.74, 6) is 0.724. The average Bonchev–Trinajstić information content (AvgIpc) is 2.80. The number of aryl methyl sites for hydroxylation is 1. The van der Waals surface area contributed by atoms with E-state index >= 15 is 0 Å². The highest BCUT2D eigenvalue weighted by Gasteiger charge is 2.35. The van der Waals surface area contributed by atoms with E-state index in [9.17, 15) is 18.0 Å². The number of pyridine rings is 1. The van der Waals surface area contributed by atoms with Gasteiger partial charge in [0.2, 0.25) is 0 Å². The lowest BCUT2D eigenvalue weighted by atomic mass is 9.93. The normalized spacial score (nSPS) is 15.3. The molecule has 2 aromatic rings. The lowest BCUT2D eigenvalue weighted by molar-refractivity contribution is -0.136. The van der Waals surface area contributed by atoms with Gasteiger partial charge in [-0.25, -0.2) is 9.97 Å². The van der Waals surface area contributed by atoms with Crippen molar-refractivity contribution < 1.29 is 23.1 Å². The Morgan fingerprint density at radius 1 is 1.33 bits per heavy atom. The zero-order valence-corrected chi connectivity index (χ0v) is 16.1. The van der Waals surface area contributed by atoms with E-state index in [0.717, 1.165) is 25.3 Å². The van der Waals surface area contributed by atoms with Crippen LogP contribution < -0.4 is 0 Å². The van der Waals surface area contributed by atoms with Gasteiger partial charge in [0, 0.05) is 25.1 Å². The monoisotopic (exact) mass is 385 g/mol. The molecular weight excluding hydrogens is 359 g/mol. The van der Waals surface area contributed by atoms with Gasteiger partial charge in [0.05, 0.1) is 11.2 Å². The molecule has 0 bridgehead atoms. The number of rotatable bonds is 4. The Morgan fingerprint density at radius 2 is 1.96 bits per heavy atom. The highest BCUT2D eigenvalue weighted by atomic mass is 19.4. The van der Waals surface area contributed by atoms with Gasteiger partial charge in [0.25, 0.3) is 0 Å². The van der Waals surface area contributed by atoms with Gasteiger partial charge < -0.3 is 9.67 Å². The topological polar surface area (TPSA) is 68.0 Å². The maximum atomic E-state index is 12.9. The number of carbonyl (C=O) groups excluding carboxylic acids is 1. The van der Waals surface area contributed by atoms with Crippen molar-refractivity contribution in [1.82, 2.24) is 14.5 Å². The molecular formula is C19H26F3N3O2. The van der Waals surface area contributed by atoms with Gasteiger partial charge in [-0.1, -0.05) is 6.92 Å². The van der Waals surface area contributed by atoms with Crippen LogP contribution in [0.1, 0.15) is 70.3 Å². The summed E-state index contributed by atoms with van der Waals surface area (Å²) < 4.78 is 40.5. The number of alkyl halides is 3. The molecule has 27 heavy (non-hydrogen) atoms. The summed E-state index contributed by atoms with van der Waals surface area (Å²) in [7, 11) is 0. The molecule has 1 aliphatic carbocycles. The van der Waals surface area contributed by atoms with Crippen molar-refractivity contribution in [3.05, 3.63) is 23.7 Å². The number of aromatic nitrogens is 3. The quantitative estimate of drug-likeness (QED) is 0.835. The van der Waals surface area contributed by atoms with Crippen molar-refractivity contribution >= 4 is 16.9 Å². The summed E-state index contributed by atoms with van der Waals surface area (Å²) in [6.45, 7) is 6.81. The van der Waals surface area contributed by atoms with Gasteiger partial charge in [-0.05, 0) is 46.1 Å². The first-order valence-corrected chi connectivity index (χ1v) is 9.09. The first kappa shape index (κ1) is 21.3. The fourth-order valence-electron chi connectivity index (χ4n) is 3.02. The molecule has 0 atom stereocenters. The van der Waals surface area contributed by atoms with Crippen LogP contribution in [0.3, 0.4) is 0 Å². The predicted molar refractivity (Wildman–Crippen MR) is 96.4 cm³/mol. The molecule has 0 unspecified atom stereocenters. The second-order valence-corrected chi connectivity index (χ2v) is 7.52. The van der Waals surface area contributed by atoms with Crippen LogP contribution in [0.15, 0.2) is 12.3 Å². The van der Waals surface area contributed by atoms with E-state index in [1.54, 1.807) is 27.7 Å². The number of fused-ring (bicyclic) bond motifs is 1. The number of halogens is 3. The number of aliphatic hydroxyl groups is 1. The number of ketones is 1. The number of nitrogens with zero attached hydrogens (tertiary/aromatic N) is 3. The second-order valence-electron chi connectivity index (χ2n) is 7.52. The molecule has 8 heteroatoms.